The highest BCUT2D eigenvalue weighted by molar-refractivity contribution is 4.72. The van der Waals surface area contributed by atoms with Gasteiger partial charge in [-0.15, -0.1) is 0 Å². The Kier molecular flexibility index (Phi) is 2.72. The molecule has 3 atom stereocenters. The van der Waals surface area contributed by atoms with Crippen LogP contribution in [0.2, 0.25) is 0 Å². The van der Waals surface area contributed by atoms with Gasteiger partial charge in [0.15, 0.2) is 0 Å². The highest BCUT2D eigenvalue weighted by Crippen LogP contribution is 2.25. The van der Waals surface area contributed by atoms with Crippen molar-refractivity contribution in [1.29, 1.82) is 0 Å². The topological polar surface area (TPSA) is 9.23 Å². The zero-order valence-corrected chi connectivity index (χ0v) is 7.26. The van der Waals surface area contributed by atoms with Crippen LogP contribution < -0.4 is 0 Å². The predicted molar refractivity (Wildman–Crippen MR) is 43.0 cm³/mol. The maximum absolute atomic E-state index is 5.65. The Bertz CT molecular complexity index is 101. The molecule has 1 aliphatic rings. The van der Waals surface area contributed by atoms with Gasteiger partial charge >= 0.3 is 0 Å². The smallest absolute Gasteiger partial charge is 0.0598 e. The van der Waals surface area contributed by atoms with E-state index in [0.717, 1.165) is 18.4 Å². The van der Waals surface area contributed by atoms with E-state index in [4.69, 9.17) is 4.74 Å². The Hall–Kier alpha value is -0.0400. The highest BCUT2D eigenvalue weighted by Gasteiger charge is 2.23. The van der Waals surface area contributed by atoms with Gasteiger partial charge in [0, 0.05) is 6.61 Å². The van der Waals surface area contributed by atoms with Crippen LogP contribution in [0.15, 0.2) is 0 Å². The van der Waals surface area contributed by atoms with E-state index in [2.05, 4.69) is 20.8 Å². The number of hydrogen-bond acceptors (Lipinski definition) is 1. The lowest BCUT2D eigenvalue weighted by Crippen LogP contribution is -2.31. The van der Waals surface area contributed by atoms with Crippen molar-refractivity contribution in [1.82, 2.24) is 0 Å². The first-order chi connectivity index (χ1) is 4.74. The van der Waals surface area contributed by atoms with E-state index in [1.54, 1.807) is 0 Å². The second kappa shape index (κ2) is 3.38. The van der Waals surface area contributed by atoms with Gasteiger partial charge in [-0.2, -0.15) is 0 Å². The largest absolute Gasteiger partial charge is 0.378 e. The molecule has 1 aliphatic heterocycles. The molecular weight excluding hydrogens is 124 g/mol. The SMILES string of the molecule is CC[C@@H]1OCC(C)C[C@@H]1C. The molecule has 1 rings (SSSR count). The molecule has 0 aromatic heterocycles. The maximum Gasteiger partial charge on any atom is 0.0598 e. The molecule has 0 saturated carbocycles. The summed E-state index contributed by atoms with van der Waals surface area (Å²) in [6.07, 6.45) is 3.06. The third-order valence-electron chi connectivity index (χ3n) is 2.41. The minimum Gasteiger partial charge on any atom is -0.378 e. The normalized spacial score (nSPS) is 41.7. The first kappa shape index (κ1) is 8.06. The van der Waals surface area contributed by atoms with Crippen molar-refractivity contribution in [2.75, 3.05) is 6.61 Å². The fourth-order valence-electron chi connectivity index (χ4n) is 1.83. The molecule has 1 heteroatoms. The van der Waals surface area contributed by atoms with Crippen LogP contribution in [0.5, 0.6) is 0 Å². The molecule has 1 saturated heterocycles. The van der Waals surface area contributed by atoms with E-state index in [1.807, 2.05) is 0 Å². The lowest BCUT2D eigenvalue weighted by Gasteiger charge is -2.32. The predicted octanol–water partition coefficient (Wildman–Crippen LogP) is 2.46. The van der Waals surface area contributed by atoms with Gasteiger partial charge in [-0.05, 0) is 24.7 Å². The Morgan fingerprint density at radius 2 is 2.10 bits per heavy atom. The van der Waals surface area contributed by atoms with E-state index < -0.39 is 0 Å². The zero-order chi connectivity index (χ0) is 7.56. The van der Waals surface area contributed by atoms with E-state index in [9.17, 15) is 0 Å². The van der Waals surface area contributed by atoms with E-state index in [0.29, 0.717) is 6.10 Å². The summed E-state index contributed by atoms with van der Waals surface area (Å²) in [6.45, 7) is 7.74. The summed E-state index contributed by atoms with van der Waals surface area (Å²) in [6, 6.07) is 0. The quantitative estimate of drug-likeness (QED) is 0.546. The van der Waals surface area contributed by atoms with E-state index >= 15 is 0 Å². The van der Waals surface area contributed by atoms with Gasteiger partial charge in [-0.25, -0.2) is 0 Å². The summed E-state index contributed by atoms with van der Waals surface area (Å²) in [5.41, 5.74) is 0. The van der Waals surface area contributed by atoms with E-state index in [-0.39, 0.29) is 0 Å². The molecule has 0 bridgehead atoms. The summed E-state index contributed by atoms with van der Waals surface area (Å²) in [5.74, 6) is 1.55. The molecule has 0 aromatic rings. The molecule has 0 aromatic carbocycles. The third kappa shape index (κ3) is 1.72. The van der Waals surface area contributed by atoms with Crippen LogP contribution in [0.1, 0.15) is 33.6 Å². The molecule has 60 valence electrons. The van der Waals surface area contributed by atoms with Crippen LogP contribution in [0, 0.1) is 11.8 Å². The average Bonchev–Trinajstić information content (AvgIpc) is 1.88. The summed E-state index contributed by atoms with van der Waals surface area (Å²) in [7, 11) is 0. The minimum absolute atomic E-state index is 0.538. The van der Waals surface area contributed by atoms with Crippen molar-refractivity contribution in [3.8, 4) is 0 Å². The fraction of sp³-hybridized carbons (Fsp3) is 1.00. The first-order valence-electron chi connectivity index (χ1n) is 4.35. The Morgan fingerprint density at radius 1 is 1.40 bits per heavy atom. The summed E-state index contributed by atoms with van der Waals surface area (Å²) in [5, 5.41) is 0. The van der Waals surface area contributed by atoms with Gasteiger partial charge in [0.1, 0.15) is 0 Å². The molecule has 0 aliphatic carbocycles. The van der Waals surface area contributed by atoms with Gasteiger partial charge in [-0.1, -0.05) is 20.8 Å². The molecule has 1 unspecified atom stereocenters. The van der Waals surface area contributed by atoms with Crippen molar-refractivity contribution >= 4 is 0 Å². The Balaban J connectivity index is 2.36. The van der Waals surface area contributed by atoms with Gasteiger partial charge in [0.05, 0.1) is 6.10 Å². The number of rotatable bonds is 1. The third-order valence-corrected chi connectivity index (χ3v) is 2.41. The van der Waals surface area contributed by atoms with Crippen molar-refractivity contribution in [3.05, 3.63) is 0 Å². The summed E-state index contributed by atoms with van der Waals surface area (Å²) in [4.78, 5) is 0. The van der Waals surface area contributed by atoms with Crippen LogP contribution >= 0.6 is 0 Å². The van der Waals surface area contributed by atoms with Crippen LogP contribution in [-0.2, 0) is 4.74 Å². The Labute approximate surface area is 63.8 Å². The van der Waals surface area contributed by atoms with Crippen LogP contribution in [0.25, 0.3) is 0 Å². The van der Waals surface area contributed by atoms with Crippen molar-refractivity contribution < 1.29 is 4.74 Å². The second-order valence-electron chi connectivity index (χ2n) is 3.60. The first-order valence-corrected chi connectivity index (χ1v) is 4.35. The van der Waals surface area contributed by atoms with Crippen molar-refractivity contribution in [2.24, 2.45) is 11.8 Å². The van der Waals surface area contributed by atoms with Crippen LogP contribution in [0.4, 0.5) is 0 Å². The minimum atomic E-state index is 0.538. The van der Waals surface area contributed by atoms with Gasteiger partial charge in [-0.3, -0.25) is 0 Å². The van der Waals surface area contributed by atoms with Crippen LogP contribution in [0.3, 0.4) is 0 Å². The standard InChI is InChI=1S/C9H18O/c1-4-9-8(3)5-7(2)6-10-9/h7-9H,4-6H2,1-3H3/t7?,8-,9-/m0/s1. The van der Waals surface area contributed by atoms with Crippen LogP contribution in [-0.4, -0.2) is 12.7 Å². The monoisotopic (exact) mass is 142 g/mol. The van der Waals surface area contributed by atoms with Gasteiger partial charge < -0.3 is 4.74 Å². The zero-order valence-electron chi connectivity index (χ0n) is 7.26. The fourth-order valence-corrected chi connectivity index (χ4v) is 1.83. The number of hydrogen-bond donors (Lipinski definition) is 0. The molecule has 10 heavy (non-hydrogen) atoms. The summed E-state index contributed by atoms with van der Waals surface area (Å²) >= 11 is 0. The molecule has 1 heterocycles. The molecule has 0 amide bonds. The van der Waals surface area contributed by atoms with Crippen molar-refractivity contribution in [2.45, 2.75) is 39.7 Å². The lowest BCUT2D eigenvalue weighted by molar-refractivity contribution is -0.0474. The average molecular weight is 142 g/mol. The van der Waals surface area contributed by atoms with E-state index in [1.165, 1.54) is 12.8 Å². The summed E-state index contributed by atoms with van der Waals surface area (Å²) < 4.78 is 5.65. The van der Waals surface area contributed by atoms with Crippen molar-refractivity contribution in [3.63, 3.8) is 0 Å². The Morgan fingerprint density at radius 3 is 2.60 bits per heavy atom. The second-order valence-corrected chi connectivity index (χ2v) is 3.60. The van der Waals surface area contributed by atoms with Gasteiger partial charge in [0.25, 0.3) is 0 Å². The molecule has 0 radical (unpaired) electrons. The number of ether oxygens (including phenoxy) is 1. The molecule has 0 spiro atoms. The molecular formula is C9H18O. The molecule has 1 fully saturated rings. The molecule has 1 nitrogen and oxygen atoms in total. The van der Waals surface area contributed by atoms with Gasteiger partial charge in [0.2, 0.25) is 0 Å². The highest BCUT2D eigenvalue weighted by atomic mass is 16.5. The maximum atomic E-state index is 5.65. The molecule has 0 N–H and O–H groups in total. The lowest BCUT2D eigenvalue weighted by atomic mass is 9.89.